The van der Waals surface area contributed by atoms with Crippen molar-refractivity contribution in [3.05, 3.63) is 109 Å². The highest BCUT2D eigenvalue weighted by Gasteiger charge is 2.52. The molecule has 5 aromatic rings. The van der Waals surface area contributed by atoms with Gasteiger partial charge in [0.1, 0.15) is 12.4 Å². The number of hydrogen-bond acceptors (Lipinski definition) is 7. The molecule has 6 rings (SSSR count). The molecule has 3 aromatic carbocycles. The van der Waals surface area contributed by atoms with Crippen LogP contribution in [0.4, 0.5) is 5.82 Å². The SMILES string of the molecule is COC1[C@@H](C)[C@@H](CO[Si](c2ccccc2)(c2ccccc2)C(C)(C)C)O[C@H]1n1cnc2c(NC(=O)c3ccccc3)ncnc21. The maximum atomic E-state index is 12.9. The van der Waals surface area contributed by atoms with Gasteiger partial charge in [-0.3, -0.25) is 9.36 Å². The first-order chi connectivity index (χ1) is 21.7. The van der Waals surface area contributed by atoms with E-state index in [1.807, 2.05) is 34.9 Å². The van der Waals surface area contributed by atoms with Gasteiger partial charge in [-0.15, -0.1) is 0 Å². The number of benzene rings is 3. The van der Waals surface area contributed by atoms with E-state index in [4.69, 9.17) is 13.9 Å². The van der Waals surface area contributed by atoms with Crippen molar-refractivity contribution < 1.29 is 18.7 Å². The molecule has 0 aliphatic carbocycles. The predicted molar refractivity (Wildman–Crippen MR) is 177 cm³/mol. The first kappa shape index (κ1) is 30.8. The number of fused-ring (bicyclic) bond motifs is 1. The van der Waals surface area contributed by atoms with Crippen LogP contribution in [0.25, 0.3) is 11.2 Å². The van der Waals surface area contributed by atoms with Gasteiger partial charge in [-0.1, -0.05) is 107 Å². The fraction of sp³-hybridized carbons (Fsp3) is 0.314. The normalized spacial score (nSPS) is 20.4. The average molecular weight is 622 g/mol. The molecule has 1 unspecified atom stereocenters. The van der Waals surface area contributed by atoms with Crippen LogP contribution in [0.1, 0.15) is 44.3 Å². The van der Waals surface area contributed by atoms with Crippen molar-refractivity contribution >= 4 is 41.6 Å². The standard InChI is InChI=1S/C35H39N5O4Si/c1-24-28(21-43-45(35(2,3)4,26-17-11-7-12-18-26)27-19-13-8-14-20-27)44-34(30(24)42-5)40-23-38-29-31(36-22-37-32(29)40)39-33(41)25-15-9-6-10-16-25/h6-20,22-24,28,30,34H,21H2,1-5H3,(H,36,37,39,41)/t24-,28+,30?,34+/m0/s1. The summed E-state index contributed by atoms with van der Waals surface area (Å²) in [6, 6.07) is 30.2. The van der Waals surface area contributed by atoms with Crippen molar-refractivity contribution in [3.63, 3.8) is 0 Å². The number of nitrogens with one attached hydrogen (secondary N) is 1. The van der Waals surface area contributed by atoms with E-state index in [2.05, 4.69) is 96.5 Å². The van der Waals surface area contributed by atoms with Crippen LogP contribution in [-0.4, -0.2) is 59.7 Å². The summed E-state index contributed by atoms with van der Waals surface area (Å²) in [4.78, 5) is 26.3. The number of carbonyl (C=O) groups excluding carboxylic acids is 1. The molecule has 1 amide bonds. The predicted octanol–water partition coefficient (Wildman–Crippen LogP) is 5.20. The van der Waals surface area contributed by atoms with Crippen molar-refractivity contribution in [3.8, 4) is 0 Å². The summed E-state index contributed by atoms with van der Waals surface area (Å²) in [5, 5.41) is 5.16. The Bertz CT molecular complexity index is 1700. The molecule has 9 nitrogen and oxygen atoms in total. The number of hydrogen-bond donors (Lipinski definition) is 1. The Kier molecular flexibility index (Phi) is 8.65. The molecule has 1 aliphatic heterocycles. The minimum Gasteiger partial charge on any atom is -0.405 e. The fourth-order valence-electron chi connectivity index (χ4n) is 6.47. The van der Waals surface area contributed by atoms with Crippen molar-refractivity contribution in [2.75, 3.05) is 19.0 Å². The number of imidazole rings is 1. The molecule has 1 fully saturated rings. The van der Waals surface area contributed by atoms with Gasteiger partial charge >= 0.3 is 0 Å². The monoisotopic (exact) mass is 621 g/mol. The van der Waals surface area contributed by atoms with Gasteiger partial charge in [0.2, 0.25) is 0 Å². The molecule has 1 aliphatic rings. The molecule has 2 aromatic heterocycles. The number of methoxy groups -OCH3 is 1. The first-order valence-corrected chi connectivity index (χ1v) is 17.1. The largest absolute Gasteiger partial charge is 0.405 e. The molecule has 232 valence electrons. The summed E-state index contributed by atoms with van der Waals surface area (Å²) in [6.45, 7) is 9.33. The van der Waals surface area contributed by atoms with Gasteiger partial charge in [-0.25, -0.2) is 15.0 Å². The van der Waals surface area contributed by atoms with E-state index in [1.54, 1.807) is 25.6 Å². The van der Waals surface area contributed by atoms with E-state index in [9.17, 15) is 4.79 Å². The first-order valence-electron chi connectivity index (χ1n) is 15.2. The van der Waals surface area contributed by atoms with Crippen LogP contribution in [0.5, 0.6) is 0 Å². The Morgan fingerprint density at radius 3 is 2.09 bits per heavy atom. The summed E-state index contributed by atoms with van der Waals surface area (Å²) in [6.07, 6.45) is 2.05. The Hall–Kier alpha value is -4.22. The summed E-state index contributed by atoms with van der Waals surface area (Å²) in [7, 11) is -1.07. The van der Waals surface area contributed by atoms with Crippen LogP contribution < -0.4 is 15.7 Å². The minimum atomic E-state index is -2.76. The molecule has 0 radical (unpaired) electrons. The second-order valence-electron chi connectivity index (χ2n) is 12.5. The number of ether oxygens (including phenoxy) is 2. The number of carbonyl (C=O) groups is 1. The molecule has 0 saturated carbocycles. The van der Waals surface area contributed by atoms with Crippen LogP contribution >= 0.6 is 0 Å². The third-order valence-corrected chi connectivity index (χ3v) is 13.8. The van der Waals surface area contributed by atoms with Crippen molar-refractivity contribution in [1.29, 1.82) is 0 Å². The molecule has 1 N–H and O–H groups in total. The van der Waals surface area contributed by atoms with Crippen LogP contribution in [0, 0.1) is 5.92 Å². The van der Waals surface area contributed by atoms with E-state index in [0.717, 1.165) is 0 Å². The lowest BCUT2D eigenvalue weighted by atomic mass is 10.0. The number of nitrogens with zero attached hydrogens (tertiary/aromatic N) is 4. The Balaban J connectivity index is 1.29. The zero-order valence-corrected chi connectivity index (χ0v) is 27.3. The highest BCUT2D eigenvalue weighted by atomic mass is 28.4. The fourth-order valence-corrected chi connectivity index (χ4v) is 11.0. The van der Waals surface area contributed by atoms with Gasteiger partial charge in [0.15, 0.2) is 23.2 Å². The lowest BCUT2D eigenvalue weighted by Crippen LogP contribution is -2.67. The Morgan fingerprint density at radius 1 is 0.911 bits per heavy atom. The number of amides is 1. The van der Waals surface area contributed by atoms with E-state index >= 15 is 0 Å². The third kappa shape index (κ3) is 5.70. The smallest absolute Gasteiger partial charge is 0.261 e. The Labute approximate surface area is 264 Å². The van der Waals surface area contributed by atoms with Crippen molar-refractivity contribution in [2.45, 2.75) is 51.2 Å². The molecule has 0 bridgehead atoms. The minimum absolute atomic E-state index is 0.00903. The van der Waals surface area contributed by atoms with Crippen LogP contribution in [0.3, 0.4) is 0 Å². The van der Waals surface area contributed by atoms with Gasteiger partial charge in [-0.05, 0) is 27.5 Å². The molecule has 10 heteroatoms. The molecule has 0 spiro atoms. The quantitative estimate of drug-likeness (QED) is 0.226. The van der Waals surface area contributed by atoms with E-state index in [0.29, 0.717) is 29.2 Å². The summed E-state index contributed by atoms with van der Waals surface area (Å²) >= 11 is 0. The summed E-state index contributed by atoms with van der Waals surface area (Å²) in [5.74, 6) is 0.0696. The average Bonchev–Trinajstić information content (AvgIpc) is 3.63. The van der Waals surface area contributed by atoms with E-state index < -0.39 is 14.5 Å². The van der Waals surface area contributed by atoms with Gasteiger partial charge < -0.3 is 19.2 Å². The Morgan fingerprint density at radius 2 is 1.51 bits per heavy atom. The zero-order valence-electron chi connectivity index (χ0n) is 26.3. The highest BCUT2D eigenvalue weighted by molar-refractivity contribution is 6.99. The van der Waals surface area contributed by atoms with Crippen molar-refractivity contribution in [1.82, 2.24) is 19.5 Å². The number of rotatable bonds is 9. The molecule has 45 heavy (non-hydrogen) atoms. The van der Waals surface area contributed by atoms with Gasteiger partial charge in [0.25, 0.3) is 14.2 Å². The number of aromatic nitrogens is 4. The summed E-state index contributed by atoms with van der Waals surface area (Å²) < 4.78 is 21.9. The maximum Gasteiger partial charge on any atom is 0.261 e. The second kappa shape index (κ2) is 12.6. The molecule has 3 heterocycles. The lowest BCUT2D eigenvalue weighted by molar-refractivity contribution is -0.0567. The van der Waals surface area contributed by atoms with Crippen LogP contribution in [0.2, 0.25) is 5.04 Å². The van der Waals surface area contributed by atoms with E-state index in [-0.39, 0.29) is 29.1 Å². The topological polar surface area (TPSA) is 100 Å². The molecule has 1 saturated heterocycles. The zero-order chi connectivity index (χ0) is 31.6. The number of anilines is 1. The van der Waals surface area contributed by atoms with Crippen LogP contribution in [0.15, 0.2) is 104 Å². The third-order valence-electron chi connectivity index (χ3n) is 8.75. The second-order valence-corrected chi connectivity index (χ2v) is 16.8. The molecular formula is C35H39N5O4Si. The molecular weight excluding hydrogens is 583 g/mol. The van der Waals surface area contributed by atoms with E-state index in [1.165, 1.54) is 16.7 Å². The lowest BCUT2D eigenvalue weighted by Gasteiger charge is -2.43. The molecule has 4 atom stereocenters. The maximum absolute atomic E-state index is 12.9. The summed E-state index contributed by atoms with van der Waals surface area (Å²) in [5.41, 5.74) is 1.54. The van der Waals surface area contributed by atoms with Gasteiger partial charge in [-0.2, -0.15) is 0 Å². The highest BCUT2D eigenvalue weighted by Crippen LogP contribution is 2.41. The van der Waals surface area contributed by atoms with Crippen molar-refractivity contribution in [2.24, 2.45) is 5.92 Å². The van der Waals surface area contributed by atoms with Gasteiger partial charge in [0, 0.05) is 18.6 Å². The van der Waals surface area contributed by atoms with Crippen LogP contribution in [-0.2, 0) is 13.9 Å². The van der Waals surface area contributed by atoms with Gasteiger partial charge in [0.05, 0.1) is 19.0 Å².